The van der Waals surface area contributed by atoms with Crippen molar-refractivity contribution in [3.8, 4) is 17.1 Å². The molecular weight excluding hydrogens is 232 g/mol. The predicted octanol–water partition coefficient (Wildman–Crippen LogP) is 2.27. The number of benzene rings is 1. The summed E-state index contributed by atoms with van der Waals surface area (Å²) >= 11 is 0. The molecule has 0 saturated heterocycles. The monoisotopic (exact) mass is 246 g/mol. The van der Waals surface area contributed by atoms with E-state index in [1.165, 1.54) is 6.92 Å². The molecule has 0 spiro atoms. The van der Waals surface area contributed by atoms with E-state index in [9.17, 15) is 4.79 Å². The van der Waals surface area contributed by atoms with Crippen molar-refractivity contribution in [2.75, 3.05) is 7.11 Å². The van der Waals surface area contributed by atoms with Crippen LogP contribution in [0.1, 0.15) is 19.2 Å². The van der Waals surface area contributed by atoms with Crippen LogP contribution < -0.4 is 4.74 Å². The second kappa shape index (κ2) is 5.44. The summed E-state index contributed by atoms with van der Waals surface area (Å²) in [5, 5.41) is 3.90. The first kappa shape index (κ1) is 12.3. The molecule has 0 unspecified atom stereocenters. The van der Waals surface area contributed by atoms with Crippen LogP contribution in [-0.4, -0.2) is 23.0 Å². The number of carbonyl (C=O) groups excluding carboxylic acids is 1. The number of rotatable bonds is 5. The number of aryl methyl sites for hydroxylation is 1. The molecule has 1 heterocycles. The fraction of sp³-hybridized carbons (Fsp3) is 0.308. The summed E-state index contributed by atoms with van der Waals surface area (Å²) in [6, 6.07) is 7.45. The molecule has 2 aromatic rings. The molecule has 0 aliphatic carbocycles. The Labute approximate surface area is 105 Å². The third kappa shape index (κ3) is 2.74. The lowest BCUT2D eigenvalue weighted by Gasteiger charge is -2.02. The van der Waals surface area contributed by atoms with Gasteiger partial charge >= 0.3 is 0 Å². The van der Waals surface area contributed by atoms with Crippen molar-refractivity contribution in [2.45, 2.75) is 19.8 Å². The lowest BCUT2D eigenvalue weighted by molar-refractivity contribution is -0.117. The van der Waals surface area contributed by atoms with Crippen LogP contribution in [0.3, 0.4) is 0 Å². The van der Waals surface area contributed by atoms with Gasteiger partial charge < -0.3 is 14.1 Å². The first-order valence-corrected chi connectivity index (χ1v) is 5.66. The van der Waals surface area contributed by atoms with E-state index in [0.717, 1.165) is 5.56 Å². The highest BCUT2D eigenvalue weighted by Gasteiger charge is 2.12. The van der Waals surface area contributed by atoms with E-state index in [1.807, 2.05) is 24.3 Å². The van der Waals surface area contributed by atoms with E-state index in [0.29, 0.717) is 30.3 Å². The van der Waals surface area contributed by atoms with Crippen molar-refractivity contribution in [3.63, 3.8) is 0 Å². The zero-order valence-corrected chi connectivity index (χ0v) is 10.3. The van der Waals surface area contributed by atoms with Gasteiger partial charge in [0.1, 0.15) is 11.5 Å². The van der Waals surface area contributed by atoms with E-state index in [1.54, 1.807) is 7.11 Å². The van der Waals surface area contributed by atoms with Crippen molar-refractivity contribution < 1.29 is 14.1 Å². The van der Waals surface area contributed by atoms with Gasteiger partial charge in [0.05, 0.1) is 12.7 Å². The van der Waals surface area contributed by atoms with Crippen molar-refractivity contribution in [3.05, 3.63) is 30.2 Å². The lowest BCUT2D eigenvalue weighted by Crippen LogP contribution is -1.94. The molecule has 0 fully saturated rings. The van der Waals surface area contributed by atoms with Crippen molar-refractivity contribution in [1.29, 1.82) is 0 Å². The van der Waals surface area contributed by atoms with Gasteiger partial charge in [-0.05, 0) is 19.1 Å². The quantitative estimate of drug-likeness (QED) is 0.809. The fourth-order valence-electron chi connectivity index (χ4n) is 1.58. The smallest absolute Gasteiger partial charge is 0.227 e. The van der Waals surface area contributed by atoms with Crippen molar-refractivity contribution in [1.82, 2.24) is 10.1 Å². The van der Waals surface area contributed by atoms with Gasteiger partial charge in [-0.1, -0.05) is 17.3 Å². The van der Waals surface area contributed by atoms with Crippen LogP contribution in [0.5, 0.6) is 5.75 Å². The molecule has 1 aromatic heterocycles. The van der Waals surface area contributed by atoms with Gasteiger partial charge in [-0.3, -0.25) is 0 Å². The molecule has 1 aromatic carbocycles. The topological polar surface area (TPSA) is 65.2 Å². The first-order chi connectivity index (χ1) is 8.70. The highest BCUT2D eigenvalue weighted by molar-refractivity contribution is 5.75. The minimum atomic E-state index is 0.104. The normalized spacial score (nSPS) is 10.3. The highest BCUT2D eigenvalue weighted by atomic mass is 16.5. The van der Waals surface area contributed by atoms with Crippen LogP contribution in [0.25, 0.3) is 11.4 Å². The second-order valence-electron chi connectivity index (χ2n) is 3.91. The summed E-state index contributed by atoms with van der Waals surface area (Å²) in [6.07, 6.45) is 0.880. The lowest BCUT2D eigenvalue weighted by atomic mass is 10.2. The van der Waals surface area contributed by atoms with Gasteiger partial charge in [-0.2, -0.15) is 4.98 Å². The number of ether oxygens (including phenoxy) is 1. The average molecular weight is 246 g/mol. The molecule has 0 saturated carbocycles. The number of nitrogens with zero attached hydrogens (tertiary/aromatic N) is 2. The summed E-state index contributed by atoms with van der Waals surface area (Å²) < 4.78 is 10.3. The number of Topliss-reactive ketones (excluding diaryl/α,β-unsaturated/α-hetero) is 1. The van der Waals surface area contributed by atoms with E-state index in [2.05, 4.69) is 10.1 Å². The zero-order valence-electron chi connectivity index (χ0n) is 10.3. The van der Waals surface area contributed by atoms with Gasteiger partial charge in [0, 0.05) is 12.8 Å². The number of ketones is 1. The largest absolute Gasteiger partial charge is 0.496 e. The van der Waals surface area contributed by atoms with Gasteiger partial charge in [-0.15, -0.1) is 0 Å². The maximum atomic E-state index is 10.9. The van der Waals surface area contributed by atoms with Gasteiger partial charge in [0.25, 0.3) is 0 Å². The van der Waals surface area contributed by atoms with Gasteiger partial charge in [-0.25, -0.2) is 0 Å². The minimum absolute atomic E-state index is 0.104. The maximum Gasteiger partial charge on any atom is 0.227 e. The van der Waals surface area contributed by atoms with Gasteiger partial charge in [0.15, 0.2) is 0 Å². The van der Waals surface area contributed by atoms with Crippen LogP contribution in [0.4, 0.5) is 0 Å². The molecule has 5 heteroatoms. The van der Waals surface area contributed by atoms with E-state index < -0.39 is 0 Å². The molecular formula is C13H14N2O3. The molecule has 5 nitrogen and oxygen atoms in total. The number of aromatic nitrogens is 2. The Bertz CT molecular complexity index is 549. The molecule has 0 radical (unpaired) electrons. The second-order valence-corrected chi connectivity index (χ2v) is 3.91. The van der Waals surface area contributed by atoms with Gasteiger partial charge in [0.2, 0.25) is 11.7 Å². The Hall–Kier alpha value is -2.17. The number of hydrogen-bond donors (Lipinski definition) is 0. The summed E-state index contributed by atoms with van der Waals surface area (Å²) in [6.45, 7) is 1.54. The Morgan fingerprint density at radius 2 is 2.17 bits per heavy atom. The predicted molar refractivity (Wildman–Crippen MR) is 65.3 cm³/mol. The van der Waals surface area contributed by atoms with Crippen molar-refractivity contribution >= 4 is 5.78 Å². The van der Waals surface area contributed by atoms with Crippen molar-refractivity contribution in [2.24, 2.45) is 0 Å². The number of hydrogen-bond acceptors (Lipinski definition) is 5. The number of methoxy groups -OCH3 is 1. The Kier molecular flexibility index (Phi) is 3.72. The average Bonchev–Trinajstić information content (AvgIpc) is 2.85. The summed E-state index contributed by atoms with van der Waals surface area (Å²) in [4.78, 5) is 15.1. The summed E-state index contributed by atoms with van der Waals surface area (Å²) in [5.41, 5.74) is 0.776. The molecule has 2 rings (SSSR count). The van der Waals surface area contributed by atoms with Crippen LogP contribution in [0.15, 0.2) is 28.8 Å². The molecule has 0 atom stereocenters. The Balaban J connectivity index is 2.21. The third-order valence-corrected chi connectivity index (χ3v) is 2.51. The Morgan fingerprint density at radius 3 is 2.89 bits per heavy atom. The van der Waals surface area contributed by atoms with Crippen LogP contribution >= 0.6 is 0 Å². The van der Waals surface area contributed by atoms with Crippen LogP contribution in [-0.2, 0) is 11.2 Å². The molecule has 0 aliphatic heterocycles. The summed E-state index contributed by atoms with van der Waals surface area (Å²) in [5.74, 6) is 1.74. The van der Waals surface area contributed by atoms with Crippen LogP contribution in [0.2, 0.25) is 0 Å². The fourth-order valence-corrected chi connectivity index (χ4v) is 1.58. The Morgan fingerprint density at radius 1 is 1.39 bits per heavy atom. The molecule has 0 N–H and O–H groups in total. The van der Waals surface area contributed by atoms with E-state index in [-0.39, 0.29) is 5.78 Å². The molecule has 18 heavy (non-hydrogen) atoms. The number of carbonyl (C=O) groups is 1. The van der Waals surface area contributed by atoms with E-state index >= 15 is 0 Å². The molecule has 0 bridgehead atoms. The maximum absolute atomic E-state index is 10.9. The SMILES string of the molecule is COc1ccccc1-c1noc(CCC(C)=O)n1. The zero-order chi connectivity index (χ0) is 13.0. The molecule has 0 aliphatic rings. The molecule has 94 valence electrons. The first-order valence-electron chi connectivity index (χ1n) is 5.66. The van der Waals surface area contributed by atoms with Crippen LogP contribution in [0, 0.1) is 0 Å². The molecule has 0 amide bonds. The van der Waals surface area contributed by atoms with E-state index in [4.69, 9.17) is 9.26 Å². The number of para-hydroxylation sites is 1. The highest BCUT2D eigenvalue weighted by Crippen LogP contribution is 2.27. The standard InChI is InChI=1S/C13H14N2O3/c1-9(16)7-8-12-14-13(15-18-12)10-5-3-4-6-11(10)17-2/h3-6H,7-8H2,1-2H3. The third-order valence-electron chi connectivity index (χ3n) is 2.51. The minimum Gasteiger partial charge on any atom is -0.496 e. The summed E-state index contributed by atoms with van der Waals surface area (Å²) in [7, 11) is 1.59.